The number of ether oxygens (including phenoxy) is 1. The summed E-state index contributed by atoms with van der Waals surface area (Å²) in [6, 6.07) is 0. The van der Waals surface area contributed by atoms with Crippen molar-refractivity contribution in [2.24, 2.45) is 7.05 Å². The van der Waals surface area contributed by atoms with Crippen LogP contribution in [0.2, 0.25) is 0 Å². The molecule has 5 nitrogen and oxygen atoms in total. The number of H-pyrrole nitrogens is 1. The summed E-state index contributed by atoms with van der Waals surface area (Å²) >= 11 is 0. The van der Waals surface area contributed by atoms with Gasteiger partial charge < -0.3 is 9.64 Å². The van der Waals surface area contributed by atoms with Crippen LogP contribution >= 0.6 is 0 Å². The van der Waals surface area contributed by atoms with Gasteiger partial charge in [-0.15, -0.1) is 0 Å². The van der Waals surface area contributed by atoms with Crippen LogP contribution in [0.4, 0.5) is 0 Å². The third kappa shape index (κ3) is 2.66. The van der Waals surface area contributed by atoms with Crippen LogP contribution in [0.1, 0.15) is 25.8 Å². The number of nitrogens with one attached hydrogen (secondary N) is 1. The number of aromatic amines is 1. The van der Waals surface area contributed by atoms with E-state index in [0.717, 1.165) is 12.1 Å². The second kappa shape index (κ2) is 5.24. The fraction of sp³-hybridized carbons (Fsp3) is 0.429. The maximum absolute atomic E-state index is 12.0. The van der Waals surface area contributed by atoms with Crippen molar-refractivity contribution in [2.45, 2.75) is 20.3 Å². The lowest BCUT2D eigenvalue weighted by atomic mass is 10.2. The van der Waals surface area contributed by atoms with Gasteiger partial charge in [0, 0.05) is 32.8 Å². The normalized spacial score (nSPS) is 14.4. The first kappa shape index (κ1) is 13.3. The average molecular weight is 261 g/mol. The Morgan fingerprint density at radius 2 is 2.26 bits per heavy atom. The molecule has 1 aliphatic rings. The molecule has 19 heavy (non-hydrogen) atoms. The molecule has 0 aliphatic carbocycles. The fourth-order valence-corrected chi connectivity index (χ4v) is 2.07. The molecule has 1 aliphatic heterocycles. The maximum atomic E-state index is 12.0. The van der Waals surface area contributed by atoms with Crippen molar-refractivity contribution in [3.05, 3.63) is 39.1 Å². The number of hydrogen-bond donors (Lipinski definition) is 1. The van der Waals surface area contributed by atoms with Crippen molar-refractivity contribution in [3.8, 4) is 5.88 Å². The molecule has 0 saturated carbocycles. The molecular weight excluding hydrogens is 242 g/mol. The Morgan fingerprint density at radius 3 is 2.84 bits per heavy atom. The lowest BCUT2D eigenvalue weighted by Gasteiger charge is -2.07. The quantitative estimate of drug-likeness (QED) is 0.845. The van der Waals surface area contributed by atoms with Gasteiger partial charge in [0.1, 0.15) is 5.56 Å². The van der Waals surface area contributed by atoms with E-state index in [1.54, 1.807) is 13.1 Å². The lowest BCUT2D eigenvalue weighted by molar-refractivity contribution is 0.322. The summed E-state index contributed by atoms with van der Waals surface area (Å²) in [7, 11) is 3.65. The van der Waals surface area contributed by atoms with Crippen LogP contribution in [-0.4, -0.2) is 28.3 Å². The Labute approximate surface area is 112 Å². The molecule has 5 heteroatoms. The van der Waals surface area contributed by atoms with Crippen molar-refractivity contribution >= 4 is 6.08 Å². The molecule has 0 spiro atoms. The van der Waals surface area contributed by atoms with Crippen LogP contribution in [0.25, 0.3) is 6.08 Å². The molecule has 102 valence electrons. The van der Waals surface area contributed by atoms with E-state index in [2.05, 4.69) is 24.0 Å². The van der Waals surface area contributed by atoms with Crippen LogP contribution in [0.3, 0.4) is 0 Å². The number of aromatic nitrogens is 2. The van der Waals surface area contributed by atoms with Gasteiger partial charge in [-0.05, 0) is 13.8 Å². The Bertz CT molecular complexity index is 628. The highest BCUT2D eigenvalue weighted by Gasteiger charge is 2.13. The van der Waals surface area contributed by atoms with Gasteiger partial charge in [-0.2, -0.15) is 0 Å². The Balaban J connectivity index is 2.39. The van der Waals surface area contributed by atoms with E-state index in [9.17, 15) is 4.79 Å². The van der Waals surface area contributed by atoms with Crippen molar-refractivity contribution in [1.82, 2.24) is 14.7 Å². The molecular formula is C14H19N3O2. The summed E-state index contributed by atoms with van der Waals surface area (Å²) in [6.45, 7) is 4.47. The van der Waals surface area contributed by atoms with Crippen molar-refractivity contribution in [2.75, 3.05) is 13.7 Å². The first-order valence-corrected chi connectivity index (χ1v) is 6.30. The minimum absolute atomic E-state index is 0.109. The van der Waals surface area contributed by atoms with Gasteiger partial charge in [0.25, 0.3) is 5.56 Å². The predicted octanol–water partition coefficient (Wildman–Crippen LogP) is 1.85. The number of hydrogen-bond acceptors (Lipinski definition) is 3. The van der Waals surface area contributed by atoms with Crippen molar-refractivity contribution in [1.29, 1.82) is 0 Å². The van der Waals surface area contributed by atoms with Gasteiger partial charge in [-0.25, -0.2) is 0 Å². The predicted molar refractivity (Wildman–Crippen MR) is 74.8 cm³/mol. The number of nitrogens with zero attached hydrogens (tertiary/aromatic N) is 2. The zero-order chi connectivity index (χ0) is 14.0. The number of rotatable bonds is 3. The van der Waals surface area contributed by atoms with E-state index in [0.29, 0.717) is 18.1 Å². The van der Waals surface area contributed by atoms with Gasteiger partial charge in [-0.3, -0.25) is 14.6 Å². The van der Waals surface area contributed by atoms with Gasteiger partial charge in [0.2, 0.25) is 5.88 Å². The highest BCUT2D eigenvalue weighted by molar-refractivity contribution is 5.54. The molecule has 1 aromatic heterocycles. The minimum atomic E-state index is -0.109. The molecule has 1 N–H and O–H groups in total. The van der Waals surface area contributed by atoms with Crippen molar-refractivity contribution < 1.29 is 4.74 Å². The SMILES string of the molecule is CCOc1[nH]n(C)c(=O)c1C=C=C1CC(C)=CN1C. The number of allylic oxidation sites excluding steroid dienone is 1. The topological polar surface area (TPSA) is 50.3 Å². The summed E-state index contributed by atoms with van der Waals surface area (Å²) in [5.74, 6) is 0.494. The maximum Gasteiger partial charge on any atom is 0.278 e. The standard InChI is InChI=1S/C14H19N3O2/c1-5-19-13-12(14(18)17(4)15-13)7-6-11-8-10(2)9-16(11)3/h7,9,15H,5,8H2,1-4H3. The number of aryl methyl sites for hydroxylation is 1. The largest absolute Gasteiger partial charge is 0.478 e. The van der Waals surface area contributed by atoms with E-state index in [1.807, 2.05) is 18.9 Å². The molecule has 0 radical (unpaired) electrons. The van der Waals surface area contributed by atoms with Gasteiger partial charge in [0.15, 0.2) is 0 Å². The minimum Gasteiger partial charge on any atom is -0.478 e. The molecule has 0 bridgehead atoms. The van der Waals surface area contributed by atoms with E-state index in [1.165, 1.54) is 10.3 Å². The molecule has 1 aromatic rings. The summed E-state index contributed by atoms with van der Waals surface area (Å²) in [5.41, 5.74) is 5.91. The van der Waals surface area contributed by atoms with E-state index in [-0.39, 0.29) is 5.56 Å². The van der Waals surface area contributed by atoms with E-state index >= 15 is 0 Å². The molecule has 0 atom stereocenters. The molecule has 2 heterocycles. The van der Waals surface area contributed by atoms with Crippen LogP contribution in [0.15, 0.2) is 28.0 Å². The molecule has 0 fully saturated rings. The summed E-state index contributed by atoms with van der Waals surface area (Å²) in [4.78, 5) is 14.0. The van der Waals surface area contributed by atoms with Crippen molar-refractivity contribution in [3.63, 3.8) is 0 Å². The highest BCUT2D eigenvalue weighted by atomic mass is 16.5. The second-order valence-corrected chi connectivity index (χ2v) is 4.65. The van der Waals surface area contributed by atoms with Crippen LogP contribution in [0, 0.1) is 0 Å². The zero-order valence-electron chi connectivity index (χ0n) is 11.8. The monoisotopic (exact) mass is 261 g/mol. The summed E-state index contributed by atoms with van der Waals surface area (Å²) < 4.78 is 6.83. The van der Waals surface area contributed by atoms with Gasteiger partial charge in [-0.1, -0.05) is 11.3 Å². The van der Waals surface area contributed by atoms with E-state index in [4.69, 9.17) is 4.74 Å². The lowest BCUT2D eigenvalue weighted by Crippen LogP contribution is -2.13. The first-order chi connectivity index (χ1) is 9.02. The average Bonchev–Trinajstić information content (AvgIpc) is 2.79. The third-order valence-electron chi connectivity index (χ3n) is 3.01. The smallest absolute Gasteiger partial charge is 0.278 e. The zero-order valence-corrected chi connectivity index (χ0v) is 11.8. The summed E-state index contributed by atoms with van der Waals surface area (Å²) in [5, 5.41) is 2.88. The molecule has 0 aromatic carbocycles. The summed E-state index contributed by atoms with van der Waals surface area (Å²) in [6.07, 6.45) is 4.62. The Hall–Kier alpha value is -2.13. The Morgan fingerprint density at radius 1 is 1.53 bits per heavy atom. The molecule has 0 unspecified atom stereocenters. The third-order valence-corrected chi connectivity index (χ3v) is 3.01. The molecule has 2 rings (SSSR count). The second-order valence-electron chi connectivity index (χ2n) is 4.65. The first-order valence-electron chi connectivity index (χ1n) is 6.30. The van der Waals surface area contributed by atoms with E-state index < -0.39 is 0 Å². The highest BCUT2D eigenvalue weighted by Crippen LogP contribution is 2.22. The van der Waals surface area contributed by atoms with Crippen LogP contribution < -0.4 is 10.3 Å². The van der Waals surface area contributed by atoms with Crippen LogP contribution in [-0.2, 0) is 7.05 Å². The molecule has 0 amide bonds. The van der Waals surface area contributed by atoms with Crippen LogP contribution in [0.5, 0.6) is 5.88 Å². The fourth-order valence-electron chi connectivity index (χ4n) is 2.07. The Kier molecular flexibility index (Phi) is 3.67. The van der Waals surface area contributed by atoms with Gasteiger partial charge >= 0.3 is 0 Å². The molecule has 0 saturated heterocycles. The van der Waals surface area contributed by atoms with Gasteiger partial charge in [0.05, 0.1) is 12.3 Å².